The van der Waals surface area contributed by atoms with Gasteiger partial charge in [0.1, 0.15) is 0 Å². The van der Waals surface area contributed by atoms with Gasteiger partial charge in [0.25, 0.3) is 11.5 Å². The molecule has 1 aromatic rings. The molecule has 0 saturated carbocycles. The summed E-state index contributed by atoms with van der Waals surface area (Å²) >= 11 is 0. The summed E-state index contributed by atoms with van der Waals surface area (Å²) < 4.78 is 4.82. The molecule has 0 fully saturated rings. The lowest BCUT2D eigenvalue weighted by molar-refractivity contribution is 0.165. The lowest BCUT2D eigenvalue weighted by atomic mass is 10.5. The Morgan fingerprint density at radius 3 is 2.75 bits per heavy atom. The molecule has 0 aromatic carbocycles. The summed E-state index contributed by atoms with van der Waals surface area (Å²) in [4.78, 5) is 3.38. The molecule has 0 amide bonds. The van der Waals surface area contributed by atoms with E-state index in [4.69, 9.17) is 21.5 Å². The highest BCUT2D eigenvalue weighted by Gasteiger charge is 2.11. The topological polar surface area (TPSA) is 117 Å². The number of nitrogens with one attached hydrogen (secondary N) is 1. The largest absolute Gasteiger partial charge is 0.501 e. The van der Waals surface area contributed by atoms with E-state index in [9.17, 15) is 0 Å². The lowest BCUT2D eigenvalue weighted by Crippen LogP contribution is -2.24. The fourth-order valence-electron chi connectivity index (χ4n) is 0.663. The molecule has 0 spiro atoms. The minimum Gasteiger partial charge on any atom is -0.501 e. The van der Waals surface area contributed by atoms with Crippen LogP contribution < -0.4 is 16.1 Å². The summed E-state index contributed by atoms with van der Waals surface area (Å²) in [6.07, 6.45) is 0. The number of ether oxygens (including phenoxy) is 1. The van der Waals surface area contributed by atoms with Gasteiger partial charge in [-0.05, 0) is 0 Å². The Labute approximate surface area is 67.1 Å². The van der Waals surface area contributed by atoms with Crippen LogP contribution in [0.15, 0.2) is 0 Å². The molecule has 0 bridgehead atoms. The zero-order chi connectivity index (χ0) is 9.30. The summed E-state index contributed by atoms with van der Waals surface area (Å²) in [6, 6.07) is 0. The molecule has 5 N–H and O–H groups in total. The van der Waals surface area contributed by atoms with Gasteiger partial charge in [0.05, 0.1) is 7.11 Å². The second-order valence-electron chi connectivity index (χ2n) is 1.99. The maximum Gasteiger partial charge on any atom is 0.263 e. The zero-order valence-corrected chi connectivity index (χ0v) is 6.27. The fourth-order valence-corrected chi connectivity index (χ4v) is 0.663. The van der Waals surface area contributed by atoms with Crippen molar-refractivity contribution in [1.29, 1.82) is 5.41 Å². The van der Waals surface area contributed by atoms with Gasteiger partial charge < -0.3 is 20.8 Å². The number of nitrogens with zero attached hydrogens (tertiary/aromatic N) is 2. The van der Waals surface area contributed by atoms with Gasteiger partial charge in [0.15, 0.2) is 5.82 Å². The highest BCUT2D eigenvalue weighted by molar-refractivity contribution is 5.50. The van der Waals surface area contributed by atoms with Crippen LogP contribution in [-0.2, 0) is 0 Å². The van der Waals surface area contributed by atoms with Crippen molar-refractivity contribution in [3.05, 3.63) is 5.62 Å². The molecule has 7 heteroatoms. The van der Waals surface area contributed by atoms with Gasteiger partial charge in [-0.1, -0.05) is 0 Å². The van der Waals surface area contributed by atoms with E-state index in [0.29, 0.717) is 0 Å². The van der Waals surface area contributed by atoms with Gasteiger partial charge in [0, 0.05) is 0 Å². The maximum absolute atomic E-state index is 9.13. The third-order valence-electron chi connectivity index (χ3n) is 1.27. The number of nitrogens with two attached hydrogens (primary N) is 1. The third kappa shape index (κ3) is 1.00. The second-order valence-corrected chi connectivity index (χ2v) is 1.99. The molecular formula is C5H8N4O3. The quantitative estimate of drug-likeness (QED) is 0.401. The smallest absolute Gasteiger partial charge is 0.263 e. The summed E-state index contributed by atoms with van der Waals surface area (Å²) in [5.74, 6) is -1.06. The molecule has 0 unspecified atom stereocenters. The van der Waals surface area contributed by atoms with Crippen molar-refractivity contribution in [1.82, 2.24) is 9.71 Å². The Balaban J connectivity index is 3.50. The van der Waals surface area contributed by atoms with Crippen LogP contribution in [-0.4, -0.2) is 27.1 Å². The Morgan fingerprint density at radius 1 is 1.67 bits per heavy atom. The summed E-state index contributed by atoms with van der Waals surface area (Å²) in [5.41, 5.74) is 4.67. The number of aromatic nitrogens is 2. The molecule has 0 radical (unpaired) electrons. The van der Waals surface area contributed by atoms with Crippen molar-refractivity contribution < 1.29 is 15.1 Å². The lowest BCUT2D eigenvalue weighted by Gasteiger charge is -2.06. The first-order valence-corrected chi connectivity index (χ1v) is 2.97. The Morgan fingerprint density at radius 2 is 2.25 bits per heavy atom. The van der Waals surface area contributed by atoms with E-state index in [1.54, 1.807) is 0 Å². The summed E-state index contributed by atoms with van der Waals surface area (Å²) in [5, 5.41) is 25.1. The van der Waals surface area contributed by atoms with E-state index >= 15 is 0 Å². The number of rotatable bonds is 1. The van der Waals surface area contributed by atoms with Crippen LogP contribution in [0.5, 0.6) is 11.6 Å². The minimum absolute atomic E-state index is 0.192. The molecule has 1 rings (SSSR count). The normalized spacial score (nSPS) is 9.75. The highest BCUT2D eigenvalue weighted by atomic mass is 16.5. The van der Waals surface area contributed by atoms with Crippen molar-refractivity contribution in [2.75, 3.05) is 12.8 Å². The average molecular weight is 172 g/mol. The molecule has 0 saturated heterocycles. The van der Waals surface area contributed by atoms with Crippen LogP contribution in [0, 0.1) is 5.41 Å². The van der Waals surface area contributed by atoms with Crippen molar-refractivity contribution in [3.63, 3.8) is 0 Å². The van der Waals surface area contributed by atoms with Crippen molar-refractivity contribution in [2.45, 2.75) is 0 Å². The molecule has 1 heterocycles. The van der Waals surface area contributed by atoms with E-state index < -0.39 is 11.4 Å². The Bertz CT molecular complexity index is 358. The van der Waals surface area contributed by atoms with Crippen molar-refractivity contribution in [3.8, 4) is 11.6 Å². The van der Waals surface area contributed by atoms with Gasteiger partial charge in [-0.15, -0.1) is 4.73 Å². The molecule has 0 aliphatic rings. The average Bonchev–Trinajstić information content (AvgIpc) is 2.08. The number of aromatic hydroxyl groups is 1. The maximum atomic E-state index is 9.13. The summed E-state index contributed by atoms with van der Waals surface area (Å²) in [7, 11) is 1.27. The van der Waals surface area contributed by atoms with Crippen LogP contribution in [0.4, 0.5) is 5.82 Å². The van der Waals surface area contributed by atoms with Crippen LogP contribution >= 0.6 is 0 Å². The highest BCUT2D eigenvalue weighted by Crippen LogP contribution is 2.26. The summed E-state index contributed by atoms with van der Waals surface area (Å²) in [6.45, 7) is 0. The zero-order valence-electron chi connectivity index (χ0n) is 6.27. The molecule has 0 atom stereocenters. The predicted octanol–water partition coefficient (Wildman–Crippen LogP) is -1.10. The van der Waals surface area contributed by atoms with Crippen LogP contribution in [0.25, 0.3) is 0 Å². The van der Waals surface area contributed by atoms with Gasteiger partial charge in [0.2, 0.25) is 5.75 Å². The van der Waals surface area contributed by atoms with Crippen molar-refractivity contribution >= 4 is 5.82 Å². The molecule has 0 aliphatic carbocycles. The van der Waals surface area contributed by atoms with Gasteiger partial charge >= 0.3 is 0 Å². The molecule has 0 aliphatic heterocycles. The molecule has 1 aromatic heterocycles. The van der Waals surface area contributed by atoms with E-state index in [1.165, 1.54) is 7.11 Å². The fraction of sp³-hybridized carbons (Fsp3) is 0.200. The first-order valence-electron chi connectivity index (χ1n) is 2.97. The molecular weight excluding hydrogens is 164 g/mol. The second kappa shape index (κ2) is 2.61. The van der Waals surface area contributed by atoms with E-state index in [1.807, 2.05) is 0 Å². The third-order valence-corrected chi connectivity index (χ3v) is 1.27. The van der Waals surface area contributed by atoms with Gasteiger partial charge in [-0.2, -0.15) is 4.98 Å². The van der Waals surface area contributed by atoms with Crippen LogP contribution in [0.2, 0.25) is 0 Å². The number of methoxy groups -OCH3 is 1. The molecule has 66 valence electrons. The number of anilines is 1. The van der Waals surface area contributed by atoms with E-state index in [0.717, 1.165) is 0 Å². The first kappa shape index (κ1) is 8.18. The van der Waals surface area contributed by atoms with E-state index in [-0.39, 0.29) is 16.4 Å². The van der Waals surface area contributed by atoms with Crippen LogP contribution in [0.1, 0.15) is 0 Å². The monoisotopic (exact) mass is 172 g/mol. The minimum atomic E-state index is -0.512. The van der Waals surface area contributed by atoms with Crippen LogP contribution in [0.3, 0.4) is 0 Å². The standard InChI is InChI=1S/C5H8N4O3/c1-12-4-2(10)3(6)9(11)5(7)8-4/h7,10-11H,6H2,1H3. The SMILES string of the molecule is COc1nc(=N)n(O)c(N)c1O. The predicted molar refractivity (Wildman–Crippen MR) is 37.9 cm³/mol. The Kier molecular flexibility index (Phi) is 1.78. The van der Waals surface area contributed by atoms with E-state index in [2.05, 4.69) is 9.72 Å². The first-order chi connectivity index (χ1) is 5.57. The molecule has 12 heavy (non-hydrogen) atoms. The molecule has 7 nitrogen and oxygen atoms in total. The van der Waals surface area contributed by atoms with Gasteiger partial charge in [-0.3, -0.25) is 5.41 Å². The number of hydrogen-bond acceptors (Lipinski definition) is 6. The van der Waals surface area contributed by atoms with Gasteiger partial charge in [-0.25, -0.2) is 0 Å². The van der Waals surface area contributed by atoms with Crippen molar-refractivity contribution in [2.24, 2.45) is 0 Å². The Hall–Kier alpha value is -1.92. The number of nitrogen functional groups attached to an aromatic ring is 1. The number of hydrogen-bond donors (Lipinski definition) is 4.